The number of aryl methyl sites for hydroxylation is 1. The van der Waals surface area contributed by atoms with Gasteiger partial charge < -0.3 is 4.90 Å². The maximum absolute atomic E-state index is 12.7. The van der Waals surface area contributed by atoms with Gasteiger partial charge in [-0.3, -0.25) is 14.5 Å². The topological polar surface area (TPSA) is 58.4 Å². The zero-order valence-electron chi connectivity index (χ0n) is 17.1. The number of aromatic nitrogens is 2. The van der Waals surface area contributed by atoms with Gasteiger partial charge in [0, 0.05) is 41.7 Å². The molecule has 1 aromatic heterocycles. The standard InChI is InChI=1S/C24H23ClN4O2/c25-20-9-7-18(8-10-20)21-15-22-28(23(30)11-14-29(22)26-21)16-17-3-5-19(6-4-17)24(31)27-12-1-2-13-27/h3-10,15H,1-2,11-14,16H2. The van der Waals surface area contributed by atoms with E-state index < -0.39 is 0 Å². The lowest BCUT2D eigenvalue weighted by molar-refractivity contribution is -0.119. The average Bonchev–Trinajstić information content (AvgIpc) is 3.47. The van der Waals surface area contributed by atoms with E-state index in [1.165, 1.54) is 0 Å². The van der Waals surface area contributed by atoms with Gasteiger partial charge in [0.05, 0.1) is 18.8 Å². The van der Waals surface area contributed by atoms with E-state index in [0.29, 0.717) is 30.1 Å². The van der Waals surface area contributed by atoms with Crippen molar-refractivity contribution in [2.75, 3.05) is 18.0 Å². The molecule has 31 heavy (non-hydrogen) atoms. The van der Waals surface area contributed by atoms with E-state index in [2.05, 4.69) is 5.10 Å². The Hall–Kier alpha value is -3.12. The second kappa shape index (κ2) is 8.19. The fourth-order valence-corrected chi connectivity index (χ4v) is 4.35. The molecule has 7 heteroatoms. The summed E-state index contributed by atoms with van der Waals surface area (Å²) < 4.78 is 1.89. The summed E-state index contributed by atoms with van der Waals surface area (Å²) in [7, 11) is 0. The molecular formula is C24H23ClN4O2. The van der Waals surface area contributed by atoms with Gasteiger partial charge in [0.25, 0.3) is 5.91 Å². The van der Waals surface area contributed by atoms with E-state index in [9.17, 15) is 9.59 Å². The Balaban J connectivity index is 1.36. The highest BCUT2D eigenvalue weighted by Crippen LogP contribution is 2.30. The Labute approximate surface area is 186 Å². The van der Waals surface area contributed by atoms with E-state index in [1.54, 1.807) is 4.90 Å². The molecule has 0 bridgehead atoms. The first-order valence-electron chi connectivity index (χ1n) is 10.6. The van der Waals surface area contributed by atoms with Crippen molar-refractivity contribution >= 4 is 29.2 Å². The summed E-state index contributed by atoms with van der Waals surface area (Å²) in [6, 6.07) is 17.1. The van der Waals surface area contributed by atoms with Gasteiger partial charge in [0.15, 0.2) is 0 Å². The Morgan fingerprint density at radius 3 is 2.39 bits per heavy atom. The van der Waals surface area contributed by atoms with Gasteiger partial charge >= 0.3 is 0 Å². The summed E-state index contributed by atoms with van der Waals surface area (Å²) in [6.45, 7) is 2.69. The fraction of sp³-hybridized carbons (Fsp3) is 0.292. The van der Waals surface area contributed by atoms with Crippen LogP contribution in [0.2, 0.25) is 5.02 Å². The lowest BCUT2D eigenvalue weighted by Gasteiger charge is -2.27. The molecule has 0 saturated carbocycles. The number of carbonyl (C=O) groups is 2. The number of hydrogen-bond acceptors (Lipinski definition) is 3. The zero-order chi connectivity index (χ0) is 21.4. The summed E-state index contributed by atoms with van der Waals surface area (Å²) in [4.78, 5) is 28.9. The number of amides is 2. The molecule has 1 saturated heterocycles. The lowest BCUT2D eigenvalue weighted by atomic mass is 10.1. The largest absolute Gasteiger partial charge is 0.339 e. The van der Waals surface area contributed by atoms with Crippen LogP contribution in [0.1, 0.15) is 35.2 Å². The smallest absolute Gasteiger partial charge is 0.253 e. The van der Waals surface area contributed by atoms with Crippen LogP contribution in [-0.2, 0) is 17.9 Å². The van der Waals surface area contributed by atoms with E-state index in [1.807, 2.05) is 64.2 Å². The highest BCUT2D eigenvalue weighted by Gasteiger charge is 2.27. The van der Waals surface area contributed by atoms with Crippen molar-refractivity contribution in [3.63, 3.8) is 0 Å². The van der Waals surface area contributed by atoms with Crippen molar-refractivity contribution in [2.24, 2.45) is 0 Å². The van der Waals surface area contributed by atoms with E-state index in [-0.39, 0.29) is 11.8 Å². The molecule has 2 amide bonds. The first-order chi connectivity index (χ1) is 15.1. The Morgan fingerprint density at radius 1 is 0.968 bits per heavy atom. The minimum absolute atomic E-state index is 0.0762. The number of hydrogen-bond donors (Lipinski definition) is 0. The Morgan fingerprint density at radius 2 is 1.68 bits per heavy atom. The van der Waals surface area contributed by atoms with Crippen molar-refractivity contribution in [1.29, 1.82) is 0 Å². The van der Waals surface area contributed by atoms with Crippen LogP contribution in [-0.4, -0.2) is 39.6 Å². The van der Waals surface area contributed by atoms with Gasteiger partial charge in [0.2, 0.25) is 5.91 Å². The second-order valence-corrected chi connectivity index (χ2v) is 8.48. The van der Waals surface area contributed by atoms with Crippen LogP contribution in [0, 0.1) is 0 Å². The van der Waals surface area contributed by atoms with Crippen LogP contribution in [0.5, 0.6) is 0 Å². The number of nitrogens with zero attached hydrogens (tertiary/aromatic N) is 4. The first-order valence-corrected chi connectivity index (χ1v) is 11.0. The van der Waals surface area contributed by atoms with Gasteiger partial charge in [-0.15, -0.1) is 0 Å². The zero-order valence-corrected chi connectivity index (χ0v) is 17.9. The van der Waals surface area contributed by atoms with Crippen LogP contribution in [0.4, 0.5) is 5.82 Å². The van der Waals surface area contributed by atoms with E-state index in [0.717, 1.165) is 48.6 Å². The second-order valence-electron chi connectivity index (χ2n) is 8.04. The SMILES string of the molecule is O=C(c1ccc(CN2C(=O)CCn3nc(-c4ccc(Cl)cc4)cc32)cc1)N1CCCC1. The normalized spacial score (nSPS) is 16.0. The maximum Gasteiger partial charge on any atom is 0.253 e. The predicted octanol–water partition coefficient (Wildman–Crippen LogP) is 4.38. The van der Waals surface area contributed by atoms with Crippen LogP contribution in [0.15, 0.2) is 54.6 Å². The molecule has 2 aliphatic heterocycles. The molecule has 0 N–H and O–H groups in total. The van der Waals surface area contributed by atoms with Crippen molar-refractivity contribution in [3.8, 4) is 11.3 Å². The van der Waals surface area contributed by atoms with Crippen LogP contribution >= 0.6 is 11.6 Å². The van der Waals surface area contributed by atoms with Gasteiger partial charge in [-0.1, -0.05) is 35.9 Å². The Kier molecular flexibility index (Phi) is 5.24. The summed E-state index contributed by atoms with van der Waals surface area (Å²) in [5, 5.41) is 5.36. The monoisotopic (exact) mass is 434 g/mol. The molecule has 5 rings (SSSR count). The first kappa shape index (κ1) is 19.8. The number of halogens is 1. The van der Waals surface area contributed by atoms with E-state index >= 15 is 0 Å². The highest BCUT2D eigenvalue weighted by atomic mass is 35.5. The molecular weight excluding hydrogens is 412 g/mol. The average molecular weight is 435 g/mol. The molecule has 3 heterocycles. The van der Waals surface area contributed by atoms with Crippen molar-refractivity contribution in [2.45, 2.75) is 32.4 Å². The van der Waals surface area contributed by atoms with Gasteiger partial charge in [-0.2, -0.15) is 5.10 Å². The number of benzene rings is 2. The van der Waals surface area contributed by atoms with Gasteiger partial charge in [-0.25, -0.2) is 4.68 Å². The molecule has 0 radical (unpaired) electrons. The van der Waals surface area contributed by atoms with Crippen LogP contribution < -0.4 is 4.90 Å². The third-order valence-corrected chi connectivity index (χ3v) is 6.20. The lowest BCUT2D eigenvalue weighted by Crippen LogP contribution is -2.36. The molecule has 0 aliphatic carbocycles. The fourth-order valence-electron chi connectivity index (χ4n) is 4.22. The van der Waals surface area contributed by atoms with Crippen molar-refractivity contribution in [1.82, 2.24) is 14.7 Å². The molecule has 158 valence electrons. The summed E-state index contributed by atoms with van der Waals surface area (Å²) in [6.07, 6.45) is 2.57. The van der Waals surface area contributed by atoms with Gasteiger partial charge in [-0.05, 0) is 42.7 Å². The summed E-state index contributed by atoms with van der Waals surface area (Å²) >= 11 is 6.00. The predicted molar refractivity (Wildman–Crippen MR) is 120 cm³/mol. The molecule has 0 spiro atoms. The third kappa shape index (κ3) is 3.95. The summed E-state index contributed by atoms with van der Waals surface area (Å²) in [5.74, 6) is 0.953. The molecule has 0 unspecified atom stereocenters. The quantitative estimate of drug-likeness (QED) is 0.612. The molecule has 1 fully saturated rings. The minimum Gasteiger partial charge on any atom is -0.339 e. The van der Waals surface area contributed by atoms with Gasteiger partial charge in [0.1, 0.15) is 5.82 Å². The highest BCUT2D eigenvalue weighted by molar-refractivity contribution is 6.30. The number of rotatable bonds is 4. The van der Waals surface area contributed by atoms with Crippen LogP contribution in [0.25, 0.3) is 11.3 Å². The molecule has 3 aromatic rings. The van der Waals surface area contributed by atoms with E-state index in [4.69, 9.17) is 11.6 Å². The van der Waals surface area contributed by atoms with Crippen LogP contribution in [0.3, 0.4) is 0 Å². The van der Waals surface area contributed by atoms with Crippen molar-refractivity contribution < 1.29 is 9.59 Å². The minimum atomic E-state index is 0.0762. The number of anilines is 1. The Bertz CT molecular complexity index is 1120. The molecule has 0 atom stereocenters. The van der Waals surface area contributed by atoms with Crippen molar-refractivity contribution in [3.05, 3.63) is 70.7 Å². The third-order valence-electron chi connectivity index (χ3n) is 5.95. The summed E-state index contributed by atoms with van der Waals surface area (Å²) in [5.41, 5.74) is 3.46. The number of likely N-dealkylation sites (tertiary alicyclic amines) is 1. The molecule has 2 aromatic carbocycles. The molecule has 6 nitrogen and oxygen atoms in total. The number of carbonyl (C=O) groups excluding carboxylic acids is 2. The maximum atomic E-state index is 12.7. The number of fused-ring (bicyclic) bond motifs is 1. The molecule has 2 aliphatic rings.